The molecule has 0 amide bonds. The van der Waals surface area contributed by atoms with Crippen LogP contribution in [0.1, 0.15) is 45.4 Å². The summed E-state index contributed by atoms with van der Waals surface area (Å²) in [6.07, 6.45) is 6.24. The fourth-order valence-electron chi connectivity index (χ4n) is 4.02. The first-order chi connectivity index (χ1) is 11.9. The molecular formula is C16H21ClN4O4. The van der Waals surface area contributed by atoms with Gasteiger partial charge in [-0.2, -0.15) is 4.98 Å². The van der Waals surface area contributed by atoms with Crippen molar-refractivity contribution in [3.63, 3.8) is 0 Å². The van der Waals surface area contributed by atoms with Gasteiger partial charge in [-0.3, -0.25) is 14.9 Å². The Kier molecular flexibility index (Phi) is 4.81. The molecular weight excluding hydrogens is 348 g/mol. The van der Waals surface area contributed by atoms with Gasteiger partial charge in [0.2, 0.25) is 11.1 Å². The van der Waals surface area contributed by atoms with E-state index >= 15 is 0 Å². The van der Waals surface area contributed by atoms with E-state index in [1.807, 2.05) is 11.8 Å². The molecule has 8 nitrogen and oxygen atoms in total. The molecule has 136 valence electrons. The SMILES string of the molecule is CCC1CC1(CN(c1nc(Cl)ncc1[N+](=O)[O-])C1CCCC1)C(=O)O. The minimum Gasteiger partial charge on any atom is -0.481 e. The Balaban J connectivity index is 2.01. The van der Waals surface area contributed by atoms with Gasteiger partial charge in [-0.1, -0.05) is 26.2 Å². The zero-order valence-electron chi connectivity index (χ0n) is 14.0. The summed E-state index contributed by atoms with van der Waals surface area (Å²) in [7, 11) is 0. The van der Waals surface area contributed by atoms with Crippen molar-refractivity contribution in [1.29, 1.82) is 0 Å². The van der Waals surface area contributed by atoms with Crippen molar-refractivity contribution in [3.05, 3.63) is 21.6 Å². The number of hydrogen-bond donors (Lipinski definition) is 1. The third-order valence-corrected chi connectivity index (χ3v) is 5.74. The van der Waals surface area contributed by atoms with Crippen LogP contribution in [-0.4, -0.2) is 38.6 Å². The Morgan fingerprint density at radius 1 is 1.52 bits per heavy atom. The predicted octanol–water partition coefficient (Wildman–Crippen LogP) is 3.29. The van der Waals surface area contributed by atoms with Crippen molar-refractivity contribution in [3.8, 4) is 0 Å². The van der Waals surface area contributed by atoms with E-state index in [-0.39, 0.29) is 35.3 Å². The van der Waals surface area contributed by atoms with Crippen LogP contribution >= 0.6 is 11.6 Å². The maximum Gasteiger partial charge on any atom is 0.329 e. The second-order valence-electron chi connectivity index (χ2n) is 6.94. The maximum atomic E-state index is 11.9. The molecule has 2 saturated carbocycles. The van der Waals surface area contributed by atoms with Gasteiger partial charge in [0, 0.05) is 12.6 Å². The number of anilines is 1. The molecule has 0 aromatic carbocycles. The second kappa shape index (κ2) is 6.74. The maximum absolute atomic E-state index is 11.9. The van der Waals surface area contributed by atoms with E-state index in [0.717, 1.165) is 38.3 Å². The Bertz CT molecular complexity index is 695. The minimum atomic E-state index is -0.858. The minimum absolute atomic E-state index is 0.0407. The largest absolute Gasteiger partial charge is 0.481 e. The summed E-state index contributed by atoms with van der Waals surface area (Å²) in [6, 6.07) is 0.0407. The number of aliphatic carboxylic acids is 1. The molecule has 0 bridgehead atoms. The number of rotatable bonds is 7. The number of nitrogens with zero attached hydrogens (tertiary/aromatic N) is 4. The molecule has 1 aromatic heterocycles. The van der Waals surface area contributed by atoms with Crippen LogP contribution in [0, 0.1) is 21.4 Å². The molecule has 0 aliphatic heterocycles. The number of halogens is 1. The van der Waals surface area contributed by atoms with Crippen LogP contribution in [0.15, 0.2) is 6.20 Å². The molecule has 1 aromatic rings. The fourth-order valence-corrected chi connectivity index (χ4v) is 4.15. The standard InChI is InChI=1S/C16H21ClN4O4/c1-2-10-7-16(10,14(22)23)9-20(11-5-3-4-6-11)13-12(21(24)25)8-18-15(17)19-13/h8,10-11H,2-7,9H2,1H3,(H,22,23). The fraction of sp³-hybridized carbons (Fsp3) is 0.688. The van der Waals surface area contributed by atoms with Gasteiger partial charge in [-0.05, 0) is 36.8 Å². The zero-order valence-corrected chi connectivity index (χ0v) is 14.8. The quantitative estimate of drug-likeness (QED) is 0.446. The van der Waals surface area contributed by atoms with E-state index in [1.165, 1.54) is 0 Å². The summed E-state index contributed by atoms with van der Waals surface area (Å²) >= 11 is 5.89. The zero-order chi connectivity index (χ0) is 18.2. The van der Waals surface area contributed by atoms with Gasteiger partial charge in [0.1, 0.15) is 6.20 Å². The van der Waals surface area contributed by atoms with Gasteiger partial charge in [0.15, 0.2) is 0 Å². The van der Waals surface area contributed by atoms with Gasteiger partial charge in [0.05, 0.1) is 10.3 Å². The molecule has 2 unspecified atom stereocenters. The van der Waals surface area contributed by atoms with Crippen molar-refractivity contribution in [1.82, 2.24) is 9.97 Å². The van der Waals surface area contributed by atoms with Crippen LogP contribution in [0.3, 0.4) is 0 Å². The second-order valence-corrected chi connectivity index (χ2v) is 7.28. The summed E-state index contributed by atoms with van der Waals surface area (Å²) in [5.41, 5.74) is -1.09. The molecule has 2 fully saturated rings. The van der Waals surface area contributed by atoms with Crippen LogP contribution in [0.4, 0.5) is 11.5 Å². The molecule has 1 heterocycles. The first-order valence-electron chi connectivity index (χ1n) is 8.56. The third kappa shape index (κ3) is 3.27. The molecule has 2 aliphatic rings. The highest BCUT2D eigenvalue weighted by molar-refractivity contribution is 6.28. The third-order valence-electron chi connectivity index (χ3n) is 5.56. The van der Waals surface area contributed by atoms with Crippen molar-refractivity contribution in [2.24, 2.45) is 11.3 Å². The highest BCUT2D eigenvalue weighted by Crippen LogP contribution is 2.56. The lowest BCUT2D eigenvalue weighted by Crippen LogP contribution is -2.42. The Morgan fingerprint density at radius 3 is 2.72 bits per heavy atom. The number of carbonyl (C=O) groups is 1. The van der Waals surface area contributed by atoms with Crippen LogP contribution in [0.2, 0.25) is 5.28 Å². The highest BCUT2D eigenvalue weighted by atomic mass is 35.5. The summed E-state index contributed by atoms with van der Waals surface area (Å²) in [5.74, 6) is -0.616. The summed E-state index contributed by atoms with van der Waals surface area (Å²) < 4.78 is 0. The number of hydrogen-bond acceptors (Lipinski definition) is 6. The molecule has 0 saturated heterocycles. The van der Waals surface area contributed by atoms with Crippen LogP contribution in [0.5, 0.6) is 0 Å². The average Bonchev–Trinajstić information content (AvgIpc) is 3.03. The normalized spacial score (nSPS) is 25.8. The summed E-state index contributed by atoms with van der Waals surface area (Å²) in [6.45, 7) is 2.19. The molecule has 3 rings (SSSR count). The van der Waals surface area contributed by atoms with Crippen molar-refractivity contribution in [2.75, 3.05) is 11.4 Å². The lowest BCUT2D eigenvalue weighted by molar-refractivity contribution is -0.384. The summed E-state index contributed by atoms with van der Waals surface area (Å²) in [5, 5.41) is 21.1. The van der Waals surface area contributed by atoms with Gasteiger partial charge < -0.3 is 10.0 Å². The topological polar surface area (TPSA) is 109 Å². The molecule has 9 heteroatoms. The van der Waals surface area contributed by atoms with E-state index in [4.69, 9.17) is 11.6 Å². The van der Waals surface area contributed by atoms with E-state index < -0.39 is 16.3 Å². The van der Waals surface area contributed by atoms with Crippen LogP contribution in [0.25, 0.3) is 0 Å². The van der Waals surface area contributed by atoms with Crippen molar-refractivity contribution >= 4 is 29.1 Å². The van der Waals surface area contributed by atoms with Crippen LogP contribution in [-0.2, 0) is 4.79 Å². The van der Waals surface area contributed by atoms with Crippen molar-refractivity contribution < 1.29 is 14.8 Å². The lowest BCUT2D eigenvalue weighted by atomic mass is 10.00. The lowest BCUT2D eigenvalue weighted by Gasteiger charge is -2.32. The Labute approximate surface area is 150 Å². The Morgan fingerprint density at radius 2 is 2.20 bits per heavy atom. The first-order valence-corrected chi connectivity index (χ1v) is 8.94. The van der Waals surface area contributed by atoms with Crippen molar-refractivity contribution in [2.45, 2.75) is 51.5 Å². The van der Waals surface area contributed by atoms with E-state index in [9.17, 15) is 20.0 Å². The molecule has 2 atom stereocenters. The van der Waals surface area contributed by atoms with Gasteiger partial charge in [0.25, 0.3) is 0 Å². The van der Waals surface area contributed by atoms with E-state index in [0.29, 0.717) is 6.42 Å². The van der Waals surface area contributed by atoms with Crippen LogP contribution < -0.4 is 4.90 Å². The smallest absolute Gasteiger partial charge is 0.329 e. The van der Waals surface area contributed by atoms with E-state index in [1.54, 1.807) is 0 Å². The van der Waals surface area contributed by atoms with Gasteiger partial charge in [-0.15, -0.1) is 0 Å². The van der Waals surface area contributed by atoms with Gasteiger partial charge in [-0.25, -0.2) is 4.98 Å². The monoisotopic (exact) mass is 368 g/mol. The number of nitro groups is 1. The molecule has 0 radical (unpaired) electrons. The molecule has 25 heavy (non-hydrogen) atoms. The van der Waals surface area contributed by atoms with Gasteiger partial charge >= 0.3 is 11.7 Å². The molecule has 1 N–H and O–H groups in total. The predicted molar refractivity (Wildman–Crippen MR) is 91.8 cm³/mol. The number of carboxylic acids is 1. The average molecular weight is 369 g/mol. The molecule has 2 aliphatic carbocycles. The number of aromatic nitrogens is 2. The summed E-state index contributed by atoms with van der Waals surface area (Å²) in [4.78, 5) is 32.4. The molecule has 0 spiro atoms. The highest BCUT2D eigenvalue weighted by Gasteiger charge is 2.60. The Hall–Kier alpha value is -1.96. The van der Waals surface area contributed by atoms with E-state index in [2.05, 4.69) is 9.97 Å². The number of carboxylic acid groups (broad SMARTS) is 1. The first kappa shape index (κ1) is 17.8.